The molecule has 0 radical (unpaired) electrons. The van der Waals surface area contributed by atoms with E-state index in [-0.39, 0.29) is 11.3 Å². The number of methoxy groups -OCH3 is 1. The number of nitrogens with one attached hydrogen (secondary N) is 1. The summed E-state index contributed by atoms with van der Waals surface area (Å²) in [5.41, 5.74) is 1.03. The normalized spacial score (nSPS) is 27.0. The number of benzene rings is 1. The largest absolute Gasteiger partial charge is 0.497 e. The number of carbonyl (C=O) groups is 2. The Balaban J connectivity index is 1.38. The van der Waals surface area contributed by atoms with Crippen molar-refractivity contribution in [3.63, 3.8) is 0 Å². The lowest BCUT2D eigenvalue weighted by atomic mass is 9.74. The zero-order chi connectivity index (χ0) is 21.0. The molecule has 5 nitrogen and oxygen atoms in total. The summed E-state index contributed by atoms with van der Waals surface area (Å²) in [4.78, 5) is 27.7. The van der Waals surface area contributed by atoms with Gasteiger partial charge in [-0.25, -0.2) is 0 Å². The van der Waals surface area contributed by atoms with Crippen molar-refractivity contribution < 1.29 is 14.3 Å². The Hall–Kier alpha value is -2.04. The van der Waals surface area contributed by atoms with Crippen molar-refractivity contribution in [1.29, 1.82) is 0 Å². The van der Waals surface area contributed by atoms with Crippen LogP contribution >= 0.6 is 0 Å². The van der Waals surface area contributed by atoms with Gasteiger partial charge in [0.25, 0.3) is 0 Å². The maximum absolute atomic E-state index is 12.8. The number of fused-ring (bicyclic) bond motifs is 1. The van der Waals surface area contributed by atoms with Gasteiger partial charge in [0, 0.05) is 31.0 Å². The third-order valence-electron chi connectivity index (χ3n) is 7.71. The number of carbonyl (C=O) groups excluding carboxylic acids is 2. The molecule has 164 valence electrons. The molecule has 30 heavy (non-hydrogen) atoms. The van der Waals surface area contributed by atoms with Gasteiger partial charge in [-0.3, -0.25) is 9.59 Å². The molecule has 1 aromatic rings. The quantitative estimate of drug-likeness (QED) is 0.734. The van der Waals surface area contributed by atoms with Gasteiger partial charge in [0.05, 0.1) is 13.5 Å². The third kappa shape index (κ3) is 4.65. The van der Waals surface area contributed by atoms with Gasteiger partial charge in [0.15, 0.2) is 0 Å². The minimum atomic E-state index is 0.0546. The summed E-state index contributed by atoms with van der Waals surface area (Å²) in [7, 11) is 1.64. The molecule has 2 saturated carbocycles. The molecule has 1 aromatic carbocycles. The molecule has 4 rings (SSSR count). The van der Waals surface area contributed by atoms with Gasteiger partial charge >= 0.3 is 0 Å². The summed E-state index contributed by atoms with van der Waals surface area (Å²) in [5.74, 6) is 1.84. The van der Waals surface area contributed by atoms with Gasteiger partial charge in [-0.1, -0.05) is 37.8 Å². The van der Waals surface area contributed by atoms with Crippen LogP contribution in [-0.2, 0) is 16.0 Å². The first kappa shape index (κ1) is 21.2. The molecule has 0 aromatic heterocycles. The Morgan fingerprint density at radius 2 is 2.00 bits per heavy atom. The highest BCUT2D eigenvalue weighted by atomic mass is 16.5. The summed E-state index contributed by atoms with van der Waals surface area (Å²) in [6.07, 6.45) is 11.8. The number of hydrogen-bond donors (Lipinski definition) is 1. The predicted molar refractivity (Wildman–Crippen MR) is 117 cm³/mol. The van der Waals surface area contributed by atoms with E-state index < -0.39 is 0 Å². The van der Waals surface area contributed by atoms with E-state index in [0.717, 1.165) is 43.5 Å². The predicted octanol–water partition coefficient (Wildman–Crippen LogP) is 4.10. The molecule has 3 fully saturated rings. The van der Waals surface area contributed by atoms with Gasteiger partial charge in [-0.15, -0.1) is 0 Å². The van der Waals surface area contributed by atoms with Gasteiger partial charge in [-0.05, 0) is 55.7 Å². The molecule has 2 atom stereocenters. The lowest BCUT2D eigenvalue weighted by Crippen LogP contribution is -2.57. The topological polar surface area (TPSA) is 58.6 Å². The fourth-order valence-electron chi connectivity index (χ4n) is 6.05. The third-order valence-corrected chi connectivity index (χ3v) is 7.71. The number of piperidine rings is 1. The monoisotopic (exact) mass is 412 g/mol. The zero-order valence-corrected chi connectivity index (χ0v) is 18.3. The minimum absolute atomic E-state index is 0.0546. The molecule has 1 heterocycles. The number of amides is 2. The SMILES string of the molecule is COc1cccc(CC(=O)NCC23CCCC2N(CC2CCCCC2)C(=O)CC3)c1. The second-order valence-corrected chi connectivity index (χ2v) is 9.63. The molecule has 1 N–H and O–H groups in total. The highest BCUT2D eigenvalue weighted by Gasteiger charge is 2.50. The minimum Gasteiger partial charge on any atom is -0.497 e. The molecule has 1 saturated heterocycles. The smallest absolute Gasteiger partial charge is 0.224 e. The van der Waals surface area contributed by atoms with E-state index in [9.17, 15) is 9.59 Å². The van der Waals surface area contributed by atoms with E-state index in [1.165, 1.54) is 32.1 Å². The van der Waals surface area contributed by atoms with Crippen molar-refractivity contribution in [2.45, 2.75) is 76.7 Å². The second kappa shape index (κ2) is 9.40. The van der Waals surface area contributed by atoms with Gasteiger partial charge < -0.3 is 15.0 Å². The van der Waals surface area contributed by atoms with Crippen molar-refractivity contribution in [2.75, 3.05) is 20.2 Å². The molecular formula is C25H36N2O3. The van der Waals surface area contributed by atoms with Gasteiger partial charge in [-0.2, -0.15) is 0 Å². The second-order valence-electron chi connectivity index (χ2n) is 9.63. The summed E-state index contributed by atoms with van der Waals surface area (Å²) >= 11 is 0. The average Bonchev–Trinajstić information content (AvgIpc) is 3.20. The maximum Gasteiger partial charge on any atom is 0.224 e. The van der Waals surface area contributed by atoms with Crippen molar-refractivity contribution in [1.82, 2.24) is 10.2 Å². The number of nitrogens with zero attached hydrogens (tertiary/aromatic N) is 1. The summed E-state index contributed by atoms with van der Waals surface area (Å²) in [6, 6.07) is 8.00. The van der Waals surface area contributed by atoms with Crippen LogP contribution in [0.3, 0.4) is 0 Å². The van der Waals surface area contributed by atoms with Crippen LogP contribution in [0, 0.1) is 11.3 Å². The molecule has 3 aliphatic rings. The van der Waals surface area contributed by atoms with E-state index >= 15 is 0 Å². The highest BCUT2D eigenvalue weighted by molar-refractivity contribution is 5.79. The number of rotatable bonds is 7. The Kier molecular flexibility index (Phi) is 6.64. The van der Waals surface area contributed by atoms with Crippen LogP contribution in [0.5, 0.6) is 5.75 Å². The van der Waals surface area contributed by atoms with E-state index in [1.54, 1.807) is 7.11 Å². The lowest BCUT2D eigenvalue weighted by molar-refractivity contribution is -0.143. The van der Waals surface area contributed by atoms with Crippen LogP contribution in [0.25, 0.3) is 0 Å². The van der Waals surface area contributed by atoms with Crippen LogP contribution in [0.1, 0.15) is 69.8 Å². The fourth-order valence-corrected chi connectivity index (χ4v) is 6.05. The fraction of sp³-hybridized carbons (Fsp3) is 0.680. The molecule has 2 aliphatic carbocycles. The first-order valence-electron chi connectivity index (χ1n) is 11.8. The molecule has 2 amide bonds. The van der Waals surface area contributed by atoms with Crippen molar-refractivity contribution in [2.24, 2.45) is 11.3 Å². The standard InChI is InChI=1S/C25H36N2O3/c1-30-21-10-5-9-20(15-21)16-23(28)26-18-25-13-6-11-22(25)27(24(29)12-14-25)17-19-7-3-2-4-8-19/h5,9-10,15,19,22H,2-4,6-8,11-14,16-18H2,1H3,(H,26,28). The van der Waals surface area contributed by atoms with E-state index in [2.05, 4.69) is 10.2 Å². The zero-order valence-electron chi connectivity index (χ0n) is 18.3. The molecular weight excluding hydrogens is 376 g/mol. The van der Waals surface area contributed by atoms with Crippen molar-refractivity contribution in [3.8, 4) is 5.75 Å². The van der Waals surface area contributed by atoms with Crippen LogP contribution in [0.4, 0.5) is 0 Å². The first-order chi connectivity index (χ1) is 14.6. The number of ether oxygens (including phenoxy) is 1. The lowest BCUT2D eigenvalue weighted by Gasteiger charge is -2.47. The highest BCUT2D eigenvalue weighted by Crippen LogP contribution is 2.48. The Morgan fingerprint density at radius 1 is 1.17 bits per heavy atom. The Bertz CT molecular complexity index is 759. The van der Waals surface area contributed by atoms with Crippen molar-refractivity contribution >= 4 is 11.8 Å². The number of hydrogen-bond acceptors (Lipinski definition) is 3. The van der Waals surface area contributed by atoms with Gasteiger partial charge in [0.2, 0.25) is 11.8 Å². The summed E-state index contributed by atoms with van der Waals surface area (Å²) in [5, 5.41) is 3.22. The molecule has 1 aliphatic heterocycles. The first-order valence-corrected chi connectivity index (χ1v) is 11.8. The average molecular weight is 413 g/mol. The van der Waals surface area contributed by atoms with Crippen LogP contribution in [-0.4, -0.2) is 43.0 Å². The van der Waals surface area contributed by atoms with E-state index in [0.29, 0.717) is 37.3 Å². The Morgan fingerprint density at radius 3 is 2.80 bits per heavy atom. The molecule has 5 heteroatoms. The maximum atomic E-state index is 12.8. The molecule has 0 spiro atoms. The molecule has 2 unspecified atom stereocenters. The van der Waals surface area contributed by atoms with E-state index in [4.69, 9.17) is 4.74 Å². The summed E-state index contributed by atoms with van der Waals surface area (Å²) in [6.45, 7) is 1.62. The summed E-state index contributed by atoms with van der Waals surface area (Å²) < 4.78 is 5.26. The van der Waals surface area contributed by atoms with E-state index in [1.807, 2.05) is 24.3 Å². The van der Waals surface area contributed by atoms with Gasteiger partial charge in [0.1, 0.15) is 5.75 Å². The van der Waals surface area contributed by atoms with Crippen molar-refractivity contribution in [3.05, 3.63) is 29.8 Å². The number of likely N-dealkylation sites (tertiary alicyclic amines) is 1. The van der Waals surface area contributed by atoms with Crippen LogP contribution in [0.15, 0.2) is 24.3 Å². The van der Waals surface area contributed by atoms with Crippen LogP contribution in [0.2, 0.25) is 0 Å². The Labute approximate surface area is 180 Å². The van der Waals surface area contributed by atoms with Crippen LogP contribution < -0.4 is 10.1 Å². The molecule has 0 bridgehead atoms.